The second-order valence-electron chi connectivity index (χ2n) is 4.83. The highest BCUT2D eigenvalue weighted by molar-refractivity contribution is 5.92. The lowest BCUT2D eigenvalue weighted by molar-refractivity contribution is -0.116. The SMILES string of the molecule is CCC(C)NCCC(=O)Nc1c(C)cccc1C. The van der Waals surface area contributed by atoms with E-state index in [2.05, 4.69) is 24.5 Å². The topological polar surface area (TPSA) is 41.1 Å². The van der Waals surface area contributed by atoms with Crippen molar-refractivity contribution in [1.82, 2.24) is 5.32 Å². The first-order chi connectivity index (χ1) is 8.54. The molecule has 0 spiro atoms. The second-order valence-corrected chi connectivity index (χ2v) is 4.83. The lowest BCUT2D eigenvalue weighted by Crippen LogP contribution is -2.29. The van der Waals surface area contributed by atoms with Gasteiger partial charge in [-0.25, -0.2) is 0 Å². The van der Waals surface area contributed by atoms with E-state index in [0.717, 1.165) is 29.8 Å². The predicted molar refractivity (Wildman–Crippen MR) is 76.9 cm³/mol. The Kier molecular flexibility index (Phi) is 5.86. The number of hydrogen-bond acceptors (Lipinski definition) is 2. The molecule has 18 heavy (non-hydrogen) atoms. The van der Waals surface area contributed by atoms with Gasteiger partial charge < -0.3 is 10.6 Å². The molecule has 0 aliphatic rings. The molecular weight excluding hydrogens is 224 g/mol. The van der Waals surface area contributed by atoms with Gasteiger partial charge in [-0.1, -0.05) is 25.1 Å². The Morgan fingerprint density at radius 1 is 1.28 bits per heavy atom. The van der Waals surface area contributed by atoms with Crippen LogP contribution >= 0.6 is 0 Å². The van der Waals surface area contributed by atoms with Crippen LogP contribution in [-0.4, -0.2) is 18.5 Å². The summed E-state index contributed by atoms with van der Waals surface area (Å²) < 4.78 is 0. The highest BCUT2D eigenvalue weighted by Crippen LogP contribution is 2.19. The van der Waals surface area contributed by atoms with Gasteiger partial charge >= 0.3 is 0 Å². The quantitative estimate of drug-likeness (QED) is 0.812. The first-order valence-electron chi connectivity index (χ1n) is 6.64. The first-order valence-corrected chi connectivity index (χ1v) is 6.64. The van der Waals surface area contributed by atoms with E-state index < -0.39 is 0 Å². The summed E-state index contributed by atoms with van der Waals surface area (Å²) in [5.41, 5.74) is 3.17. The molecule has 0 aliphatic heterocycles. The van der Waals surface area contributed by atoms with Crippen LogP contribution in [0.1, 0.15) is 37.8 Å². The Morgan fingerprint density at radius 3 is 2.44 bits per heavy atom. The van der Waals surface area contributed by atoms with Crippen LogP contribution in [0.4, 0.5) is 5.69 Å². The fourth-order valence-corrected chi connectivity index (χ4v) is 1.79. The van der Waals surface area contributed by atoms with E-state index in [0.29, 0.717) is 12.5 Å². The number of amides is 1. The van der Waals surface area contributed by atoms with E-state index in [9.17, 15) is 4.79 Å². The van der Waals surface area contributed by atoms with Gasteiger partial charge in [-0.15, -0.1) is 0 Å². The second kappa shape index (κ2) is 7.17. The van der Waals surface area contributed by atoms with Gasteiger partial charge in [0.1, 0.15) is 0 Å². The number of para-hydroxylation sites is 1. The predicted octanol–water partition coefficient (Wildman–Crippen LogP) is 3.02. The number of rotatable bonds is 6. The zero-order valence-corrected chi connectivity index (χ0v) is 11.8. The summed E-state index contributed by atoms with van der Waals surface area (Å²) in [7, 11) is 0. The third kappa shape index (κ3) is 4.49. The maximum atomic E-state index is 11.8. The maximum Gasteiger partial charge on any atom is 0.225 e. The molecule has 3 nitrogen and oxygen atoms in total. The van der Waals surface area contributed by atoms with E-state index in [1.54, 1.807) is 0 Å². The molecule has 0 aromatic heterocycles. The highest BCUT2D eigenvalue weighted by Gasteiger charge is 2.07. The number of nitrogens with one attached hydrogen (secondary N) is 2. The minimum Gasteiger partial charge on any atom is -0.326 e. The Morgan fingerprint density at radius 2 is 1.89 bits per heavy atom. The summed E-state index contributed by atoms with van der Waals surface area (Å²) in [6.07, 6.45) is 1.59. The van der Waals surface area contributed by atoms with Crippen LogP contribution in [0.3, 0.4) is 0 Å². The number of carbonyl (C=O) groups is 1. The zero-order chi connectivity index (χ0) is 13.5. The third-order valence-corrected chi connectivity index (χ3v) is 3.20. The van der Waals surface area contributed by atoms with E-state index >= 15 is 0 Å². The number of carbonyl (C=O) groups excluding carboxylic acids is 1. The lowest BCUT2D eigenvalue weighted by Gasteiger charge is -2.13. The molecule has 0 bridgehead atoms. The van der Waals surface area contributed by atoms with Gasteiger partial charge in [0.05, 0.1) is 0 Å². The van der Waals surface area contributed by atoms with Gasteiger partial charge in [-0.3, -0.25) is 4.79 Å². The van der Waals surface area contributed by atoms with Crippen molar-refractivity contribution in [1.29, 1.82) is 0 Å². The van der Waals surface area contributed by atoms with Crippen LogP contribution in [0.5, 0.6) is 0 Å². The molecule has 1 aromatic rings. The van der Waals surface area contributed by atoms with Gasteiger partial charge in [0, 0.05) is 24.7 Å². The van der Waals surface area contributed by atoms with Crippen LogP contribution in [0.15, 0.2) is 18.2 Å². The van der Waals surface area contributed by atoms with Gasteiger partial charge in [0.2, 0.25) is 5.91 Å². The van der Waals surface area contributed by atoms with Crippen molar-refractivity contribution < 1.29 is 4.79 Å². The van der Waals surface area contributed by atoms with Crippen LogP contribution in [0.2, 0.25) is 0 Å². The van der Waals surface area contributed by atoms with E-state index in [-0.39, 0.29) is 5.91 Å². The van der Waals surface area contributed by atoms with Crippen LogP contribution < -0.4 is 10.6 Å². The Bertz CT molecular complexity index is 381. The summed E-state index contributed by atoms with van der Waals surface area (Å²) in [4.78, 5) is 11.8. The standard InChI is InChI=1S/C15H24N2O/c1-5-13(4)16-10-9-14(18)17-15-11(2)7-6-8-12(15)3/h6-8,13,16H,5,9-10H2,1-4H3,(H,17,18). The Hall–Kier alpha value is -1.35. The van der Waals surface area contributed by atoms with Crippen molar-refractivity contribution in [2.75, 3.05) is 11.9 Å². The molecule has 1 unspecified atom stereocenters. The average molecular weight is 248 g/mol. The van der Waals surface area contributed by atoms with Gasteiger partial charge in [0.25, 0.3) is 0 Å². The van der Waals surface area contributed by atoms with Crippen LogP contribution in [0, 0.1) is 13.8 Å². The first kappa shape index (κ1) is 14.7. The molecule has 1 rings (SSSR count). The third-order valence-electron chi connectivity index (χ3n) is 3.20. The van der Waals surface area contributed by atoms with Gasteiger partial charge in [-0.05, 0) is 38.3 Å². The van der Waals surface area contributed by atoms with Crippen LogP contribution in [0.25, 0.3) is 0 Å². The maximum absolute atomic E-state index is 11.8. The minimum absolute atomic E-state index is 0.0724. The van der Waals surface area contributed by atoms with Crippen molar-refractivity contribution in [2.24, 2.45) is 0 Å². The molecule has 0 saturated heterocycles. The van der Waals surface area contributed by atoms with Crippen LogP contribution in [-0.2, 0) is 4.79 Å². The summed E-state index contributed by atoms with van der Waals surface area (Å²) in [5.74, 6) is 0.0724. The lowest BCUT2D eigenvalue weighted by atomic mass is 10.1. The Labute approximate surface area is 110 Å². The summed E-state index contributed by atoms with van der Waals surface area (Å²) in [5, 5.41) is 6.31. The van der Waals surface area contributed by atoms with E-state index in [4.69, 9.17) is 0 Å². The van der Waals surface area contributed by atoms with Crippen molar-refractivity contribution >= 4 is 11.6 Å². The van der Waals surface area contributed by atoms with E-state index in [1.165, 1.54) is 0 Å². The molecule has 3 heteroatoms. The molecular formula is C15H24N2O. The summed E-state index contributed by atoms with van der Waals surface area (Å²) >= 11 is 0. The fourth-order valence-electron chi connectivity index (χ4n) is 1.79. The number of anilines is 1. The molecule has 1 amide bonds. The Balaban J connectivity index is 2.45. The van der Waals surface area contributed by atoms with Crippen molar-refractivity contribution in [3.63, 3.8) is 0 Å². The number of benzene rings is 1. The molecule has 100 valence electrons. The molecule has 0 heterocycles. The largest absolute Gasteiger partial charge is 0.326 e. The van der Waals surface area contributed by atoms with Crippen molar-refractivity contribution in [2.45, 2.75) is 46.6 Å². The van der Waals surface area contributed by atoms with Crippen molar-refractivity contribution in [3.8, 4) is 0 Å². The number of hydrogen-bond donors (Lipinski definition) is 2. The molecule has 0 fully saturated rings. The smallest absolute Gasteiger partial charge is 0.225 e. The van der Waals surface area contributed by atoms with Gasteiger partial charge in [0.15, 0.2) is 0 Å². The molecule has 0 aliphatic carbocycles. The number of aryl methyl sites for hydroxylation is 2. The van der Waals surface area contributed by atoms with E-state index in [1.807, 2.05) is 32.0 Å². The fraction of sp³-hybridized carbons (Fsp3) is 0.533. The summed E-state index contributed by atoms with van der Waals surface area (Å²) in [6.45, 7) is 9.02. The monoisotopic (exact) mass is 248 g/mol. The van der Waals surface area contributed by atoms with Crippen molar-refractivity contribution in [3.05, 3.63) is 29.3 Å². The average Bonchev–Trinajstić information content (AvgIpc) is 2.34. The highest BCUT2D eigenvalue weighted by atomic mass is 16.1. The molecule has 0 saturated carbocycles. The summed E-state index contributed by atoms with van der Waals surface area (Å²) in [6, 6.07) is 6.50. The van der Waals surface area contributed by atoms with Gasteiger partial charge in [-0.2, -0.15) is 0 Å². The molecule has 1 aromatic carbocycles. The zero-order valence-electron chi connectivity index (χ0n) is 11.8. The molecule has 0 radical (unpaired) electrons. The molecule has 2 N–H and O–H groups in total. The molecule has 1 atom stereocenters. The normalized spacial score (nSPS) is 12.2. The minimum atomic E-state index is 0.0724.